The molecule has 0 amide bonds. The average molecular weight is 407 g/mol. The van der Waals surface area contributed by atoms with E-state index in [1.54, 1.807) is 4.90 Å². The lowest BCUT2D eigenvalue weighted by atomic mass is 10.1. The number of pyridine rings is 2. The van der Waals surface area contributed by atoms with Gasteiger partial charge in [-0.25, -0.2) is 18.6 Å². The zero-order chi connectivity index (χ0) is 20.9. The molecule has 0 radical (unpaired) electrons. The van der Waals surface area contributed by atoms with Crippen LogP contribution in [0.15, 0.2) is 22.2 Å². The van der Waals surface area contributed by atoms with Crippen molar-refractivity contribution in [1.29, 1.82) is 0 Å². The Kier molecular flexibility index (Phi) is 4.69. The average Bonchev–Trinajstić information content (AvgIpc) is 3.26. The highest BCUT2D eigenvalue weighted by Crippen LogP contribution is 2.40. The van der Waals surface area contributed by atoms with Crippen molar-refractivity contribution in [2.45, 2.75) is 18.6 Å². The predicted octanol–water partition coefficient (Wildman–Crippen LogP) is 0.914. The highest BCUT2D eigenvalue weighted by Gasteiger charge is 2.41. The first-order valence-electron chi connectivity index (χ1n) is 9.03. The summed E-state index contributed by atoms with van der Waals surface area (Å²) in [4.78, 5) is 34.6. The normalized spacial score (nSPS) is 25.0. The fourth-order valence-corrected chi connectivity index (χ4v) is 3.66. The zero-order valence-corrected chi connectivity index (χ0v) is 15.5. The smallest absolute Gasteiger partial charge is 0.341 e. The zero-order valence-electron chi connectivity index (χ0n) is 15.5. The van der Waals surface area contributed by atoms with Crippen molar-refractivity contribution in [2.75, 3.05) is 31.6 Å². The summed E-state index contributed by atoms with van der Waals surface area (Å²) >= 11 is 0. The fraction of sp³-hybridized carbons (Fsp3) is 0.444. The quantitative estimate of drug-likeness (QED) is 0.707. The van der Waals surface area contributed by atoms with E-state index in [4.69, 9.17) is 10.6 Å². The molecule has 29 heavy (non-hydrogen) atoms. The molecule has 3 heterocycles. The van der Waals surface area contributed by atoms with Crippen LogP contribution < -0.4 is 16.1 Å². The maximum atomic E-state index is 14.9. The number of carbonyl (C=O) groups is 1. The van der Waals surface area contributed by atoms with Crippen molar-refractivity contribution in [1.82, 2.24) is 9.55 Å². The Hall–Kier alpha value is -3.08. The number of aromatic nitrogens is 2. The van der Waals surface area contributed by atoms with Crippen LogP contribution in [0, 0.1) is 11.7 Å². The number of carboxylic acids is 1. The van der Waals surface area contributed by atoms with Gasteiger partial charge < -0.3 is 25.1 Å². The van der Waals surface area contributed by atoms with Gasteiger partial charge in [-0.2, -0.15) is 0 Å². The summed E-state index contributed by atoms with van der Waals surface area (Å²) in [6, 6.07) is 0.324. The number of carboxylic acid groups (broad SMARTS) is 1. The lowest BCUT2D eigenvalue weighted by Crippen LogP contribution is -2.26. The van der Waals surface area contributed by atoms with E-state index >= 15 is 0 Å². The molecule has 2 aliphatic rings. The molecule has 3 atom stereocenters. The fourth-order valence-electron chi connectivity index (χ4n) is 3.66. The van der Waals surface area contributed by atoms with Gasteiger partial charge in [-0.3, -0.25) is 4.79 Å². The number of rotatable bonds is 5. The minimum absolute atomic E-state index is 0.0375. The van der Waals surface area contributed by atoms with Crippen LogP contribution >= 0.6 is 0 Å². The van der Waals surface area contributed by atoms with E-state index in [0.717, 1.165) is 12.3 Å². The van der Waals surface area contributed by atoms with Crippen LogP contribution in [0.4, 0.5) is 14.6 Å². The molecule has 1 saturated carbocycles. The monoisotopic (exact) mass is 407 g/mol. The van der Waals surface area contributed by atoms with Gasteiger partial charge in [0, 0.05) is 31.6 Å². The van der Waals surface area contributed by atoms with E-state index in [0.29, 0.717) is 12.3 Å². The molecule has 3 N–H and O–H groups in total. The van der Waals surface area contributed by atoms with E-state index in [-0.39, 0.29) is 42.3 Å². The van der Waals surface area contributed by atoms with Gasteiger partial charge in [-0.05, 0) is 6.07 Å². The maximum Gasteiger partial charge on any atom is 0.341 e. The van der Waals surface area contributed by atoms with E-state index in [1.807, 2.05) is 0 Å². The summed E-state index contributed by atoms with van der Waals surface area (Å²) in [5, 5.41) is 13.0. The van der Waals surface area contributed by atoms with Gasteiger partial charge in [0.25, 0.3) is 0 Å². The summed E-state index contributed by atoms with van der Waals surface area (Å²) < 4.78 is 29.9. The molecule has 154 valence electrons. The largest absolute Gasteiger partial charge is 0.477 e. The first kappa shape index (κ1) is 19.2. The van der Waals surface area contributed by atoms with Gasteiger partial charge in [0.2, 0.25) is 5.43 Å². The highest BCUT2D eigenvalue weighted by atomic mass is 19.1. The molecule has 0 aromatic carbocycles. The number of alkyl halides is 1. The van der Waals surface area contributed by atoms with Gasteiger partial charge in [0.05, 0.1) is 23.7 Å². The highest BCUT2D eigenvalue weighted by molar-refractivity contribution is 5.95. The number of aromatic carboxylic acids is 1. The van der Waals surface area contributed by atoms with Crippen molar-refractivity contribution >= 4 is 28.5 Å². The number of hydrogen-bond donors (Lipinski definition) is 2. The Balaban J connectivity index is 1.87. The van der Waals surface area contributed by atoms with Crippen molar-refractivity contribution < 1.29 is 23.5 Å². The summed E-state index contributed by atoms with van der Waals surface area (Å²) in [7, 11) is 1.40. The van der Waals surface area contributed by atoms with Gasteiger partial charge in [0.15, 0.2) is 11.6 Å². The van der Waals surface area contributed by atoms with Gasteiger partial charge in [-0.15, -0.1) is 0 Å². The molecule has 1 unspecified atom stereocenters. The minimum Gasteiger partial charge on any atom is -0.477 e. The van der Waals surface area contributed by atoms with Crippen LogP contribution in [0.1, 0.15) is 22.8 Å². The van der Waals surface area contributed by atoms with Crippen molar-refractivity contribution in [3.63, 3.8) is 0 Å². The third kappa shape index (κ3) is 3.20. The lowest BCUT2D eigenvalue weighted by molar-refractivity contribution is 0.0694. The number of nitrogens with two attached hydrogens (primary N) is 1. The Labute approximate surface area is 163 Å². The molecule has 9 nitrogen and oxygen atoms in total. The summed E-state index contributed by atoms with van der Waals surface area (Å²) in [6.07, 6.45) is 0.0809. The molecule has 0 spiro atoms. The minimum atomic E-state index is -1.46. The number of hydrogen-bond acceptors (Lipinski definition) is 7. The van der Waals surface area contributed by atoms with Crippen LogP contribution in [-0.2, 0) is 4.84 Å². The van der Waals surface area contributed by atoms with Crippen LogP contribution in [-0.4, -0.2) is 59.3 Å². The first-order chi connectivity index (χ1) is 13.8. The van der Waals surface area contributed by atoms with Gasteiger partial charge in [0.1, 0.15) is 24.5 Å². The molecular formula is C18H19F2N5O4. The molecule has 2 aromatic heterocycles. The number of halogens is 2. The summed E-state index contributed by atoms with van der Waals surface area (Å²) in [6.45, 7) is 0.866. The van der Waals surface area contributed by atoms with Crippen LogP contribution in [0.3, 0.4) is 0 Å². The van der Waals surface area contributed by atoms with E-state index in [1.165, 1.54) is 11.7 Å². The third-order valence-electron chi connectivity index (χ3n) is 5.27. The molecule has 11 heteroatoms. The number of fused-ring (bicyclic) bond motifs is 1. The number of anilines is 1. The van der Waals surface area contributed by atoms with Gasteiger partial charge >= 0.3 is 5.97 Å². The van der Waals surface area contributed by atoms with Crippen LogP contribution in [0.25, 0.3) is 11.0 Å². The maximum absolute atomic E-state index is 14.9. The molecule has 2 aromatic rings. The number of oxime groups is 1. The second-order valence-corrected chi connectivity index (χ2v) is 7.15. The first-order valence-corrected chi connectivity index (χ1v) is 9.03. The van der Waals surface area contributed by atoms with Crippen molar-refractivity contribution in [2.24, 2.45) is 16.8 Å². The summed E-state index contributed by atoms with van der Waals surface area (Å²) in [5.41, 5.74) is 5.03. The Morgan fingerprint density at radius 2 is 2.24 bits per heavy atom. The van der Waals surface area contributed by atoms with E-state index in [2.05, 4.69) is 10.1 Å². The Morgan fingerprint density at radius 1 is 1.52 bits per heavy atom. The molecule has 4 rings (SSSR count). The van der Waals surface area contributed by atoms with Crippen LogP contribution in [0.2, 0.25) is 0 Å². The van der Waals surface area contributed by atoms with E-state index < -0.39 is 35.0 Å². The second kappa shape index (κ2) is 7.07. The van der Waals surface area contributed by atoms with Crippen LogP contribution in [0.5, 0.6) is 0 Å². The molecule has 1 aliphatic carbocycles. The van der Waals surface area contributed by atoms with Crippen molar-refractivity contribution in [3.8, 4) is 0 Å². The molecular weight excluding hydrogens is 388 g/mol. The third-order valence-corrected chi connectivity index (χ3v) is 5.27. The van der Waals surface area contributed by atoms with Gasteiger partial charge in [-0.1, -0.05) is 5.16 Å². The predicted molar refractivity (Wildman–Crippen MR) is 101 cm³/mol. The Morgan fingerprint density at radius 3 is 2.83 bits per heavy atom. The molecule has 2 fully saturated rings. The summed E-state index contributed by atoms with van der Waals surface area (Å²) in [5.74, 6) is -2.44. The molecule has 1 saturated heterocycles. The topological polar surface area (TPSA) is 123 Å². The second-order valence-electron chi connectivity index (χ2n) is 7.15. The van der Waals surface area contributed by atoms with Crippen molar-refractivity contribution in [3.05, 3.63) is 33.9 Å². The molecule has 1 aliphatic heterocycles. The molecule has 0 bridgehead atoms. The van der Waals surface area contributed by atoms with E-state index in [9.17, 15) is 23.5 Å². The Bertz CT molecular complexity index is 1090. The lowest BCUT2D eigenvalue weighted by Gasteiger charge is -2.19. The number of nitrogens with zero attached hydrogens (tertiary/aromatic N) is 4. The standard InChI is InChI=1S/C18H19F2N5O4/c1-29-23-13-7-24(5-8(13)4-21)17-12(20)2-9-15(26)10(18(27)28)6-25(16(9)22-17)14-3-11(14)19/h2,6,8,11,14H,3-5,7,21H2,1H3,(H,27,28)/b23-13-/t8?,11-,14+/m0/s1. The SMILES string of the molecule is CO/N=C1/CN(c2nc3c(cc2F)c(=O)c(C(=O)O)cn3[C@@H]2C[C@@H]2F)CC1CN.